The molecule has 26 heavy (non-hydrogen) atoms. The Kier molecular flexibility index (Phi) is 6.80. The molecule has 0 bridgehead atoms. The zero-order chi connectivity index (χ0) is 19.3. The Morgan fingerprint density at radius 3 is 2.38 bits per heavy atom. The van der Waals surface area contributed by atoms with Gasteiger partial charge in [0.25, 0.3) is 0 Å². The molecule has 0 fully saturated rings. The number of halogens is 1. The van der Waals surface area contributed by atoms with Crippen LogP contribution < -0.4 is 15.4 Å². The molecule has 2 N–H and O–H groups in total. The van der Waals surface area contributed by atoms with Gasteiger partial charge in [-0.3, -0.25) is 4.79 Å². The number of benzene rings is 2. The molecule has 140 valence electrons. The molecule has 0 aliphatic heterocycles. The third kappa shape index (κ3) is 5.55. The highest BCUT2D eigenvalue weighted by molar-refractivity contribution is 9.10. The van der Waals surface area contributed by atoms with Crippen LogP contribution in [0.4, 0.5) is 5.69 Å². The summed E-state index contributed by atoms with van der Waals surface area (Å²) in [5.74, 6) is 0.535. The number of carbonyl (C=O) groups is 1. The van der Waals surface area contributed by atoms with E-state index in [4.69, 9.17) is 4.74 Å². The summed E-state index contributed by atoms with van der Waals surface area (Å²) in [5, 5.41) is 5.88. The summed E-state index contributed by atoms with van der Waals surface area (Å²) < 4.78 is 28.9. The minimum absolute atomic E-state index is 0.0319. The third-order valence-corrected chi connectivity index (χ3v) is 5.56. The van der Waals surface area contributed by atoms with Crippen LogP contribution in [-0.4, -0.2) is 34.2 Å². The Hall–Kier alpha value is -1.90. The van der Waals surface area contributed by atoms with Crippen molar-refractivity contribution in [2.75, 3.05) is 25.2 Å². The van der Waals surface area contributed by atoms with Crippen molar-refractivity contribution in [3.05, 3.63) is 52.5 Å². The SMILES string of the molecule is COc1ccc(C(C)NCC(=O)Nc2ccc(S(C)(=O)=O)cc2)cc1Br. The van der Waals surface area contributed by atoms with Crippen molar-refractivity contribution >= 4 is 37.4 Å². The lowest BCUT2D eigenvalue weighted by atomic mass is 10.1. The first-order valence-corrected chi connectivity index (χ1v) is 10.6. The van der Waals surface area contributed by atoms with Crippen molar-refractivity contribution in [3.63, 3.8) is 0 Å². The number of amides is 1. The molecule has 0 radical (unpaired) electrons. The first-order valence-electron chi connectivity index (χ1n) is 7.87. The second-order valence-electron chi connectivity index (χ2n) is 5.84. The van der Waals surface area contributed by atoms with Crippen molar-refractivity contribution in [1.29, 1.82) is 0 Å². The molecule has 2 rings (SSSR count). The fraction of sp³-hybridized carbons (Fsp3) is 0.278. The minimum atomic E-state index is -3.25. The minimum Gasteiger partial charge on any atom is -0.496 e. The average molecular weight is 441 g/mol. The van der Waals surface area contributed by atoms with Gasteiger partial charge in [-0.05, 0) is 64.8 Å². The number of methoxy groups -OCH3 is 1. The smallest absolute Gasteiger partial charge is 0.238 e. The van der Waals surface area contributed by atoms with Gasteiger partial charge in [-0.2, -0.15) is 0 Å². The maximum absolute atomic E-state index is 12.1. The highest BCUT2D eigenvalue weighted by Crippen LogP contribution is 2.27. The van der Waals surface area contributed by atoms with Crippen LogP contribution in [0.15, 0.2) is 51.8 Å². The number of hydrogen-bond acceptors (Lipinski definition) is 5. The number of sulfone groups is 1. The van der Waals surface area contributed by atoms with Gasteiger partial charge in [-0.25, -0.2) is 8.42 Å². The average Bonchev–Trinajstić information content (AvgIpc) is 2.59. The normalized spacial score (nSPS) is 12.5. The monoisotopic (exact) mass is 440 g/mol. The number of anilines is 1. The van der Waals surface area contributed by atoms with Gasteiger partial charge >= 0.3 is 0 Å². The zero-order valence-corrected chi connectivity index (χ0v) is 17.1. The van der Waals surface area contributed by atoms with Gasteiger partial charge in [0.15, 0.2) is 9.84 Å². The van der Waals surface area contributed by atoms with Crippen LogP contribution in [0.2, 0.25) is 0 Å². The highest BCUT2D eigenvalue weighted by Gasteiger charge is 2.11. The van der Waals surface area contributed by atoms with Gasteiger partial charge in [0.2, 0.25) is 5.91 Å². The first-order chi connectivity index (χ1) is 12.2. The molecule has 1 amide bonds. The van der Waals surface area contributed by atoms with E-state index in [9.17, 15) is 13.2 Å². The molecule has 0 aliphatic rings. The Morgan fingerprint density at radius 1 is 1.19 bits per heavy atom. The molecule has 2 aromatic carbocycles. The molecule has 1 atom stereocenters. The van der Waals surface area contributed by atoms with Crippen LogP contribution in [0.5, 0.6) is 5.75 Å². The molecular formula is C18H21BrN2O4S. The van der Waals surface area contributed by atoms with E-state index in [1.54, 1.807) is 19.2 Å². The van der Waals surface area contributed by atoms with Crippen LogP contribution in [0.25, 0.3) is 0 Å². The Labute approximate surface area is 162 Å². The fourth-order valence-electron chi connectivity index (χ4n) is 2.31. The van der Waals surface area contributed by atoms with Crippen LogP contribution >= 0.6 is 15.9 Å². The van der Waals surface area contributed by atoms with Gasteiger partial charge in [0.1, 0.15) is 5.75 Å². The summed E-state index contributed by atoms with van der Waals surface area (Å²) in [5.41, 5.74) is 1.56. The van der Waals surface area contributed by atoms with Gasteiger partial charge in [-0.15, -0.1) is 0 Å². The van der Waals surface area contributed by atoms with Crippen molar-refractivity contribution in [2.24, 2.45) is 0 Å². The summed E-state index contributed by atoms with van der Waals surface area (Å²) in [7, 11) is -1.64. The van der Waals surface area contributed by atoms with Crippen LogP contribution in [0.1, 0.15) is 18.5 Å². The van der Waals surface area contributed by atoms with E-state index in [1.807, 2.05) is 25.1 Å². The molecule has 0 saturated heterocycles. The zero-order valence-electron chi connectivity index (χ0n) is 14.7. The molecule has 2 aromatic rings. The van der Waals surface area contributed by atoms with E-state index in [1.165, 1.54) is 12.1 Å². The van der Waals surface area contributed by atoms with Crippen molar-refractivity contribution < 1.29 is 17.9 Å². The third-order valence-electron chi connectivity index (χ3n) is 3.81. The van der Waals surface area contributed by atoms with E-state index in [2.05, 4.69) is 26.6 Å². The van der Waals surface area contributed by atoms with E-state index in [0.717, 1.165) is 22.0 Å². The Morgan fingerprint density at radius 2 is 1.85 bits per heavy atom. The molecule has 0 saturated carbocycles. The highest BCUT2D eigenvalue weighted by atomic mass is 79.9. The molecule has 6 nitrogen and oxygen atoms in total. The number of hydrogen-bond donors (Lipinski definition) is 2. The second kappa shape index (κ2) is 8.66. The quantitative estimate of drug-likeness (QED) is 0.690. The second-order valence-corrected chi connectivity index (χ2v) is 8.71. The maximum atomic E-state index is 12.1. The Balaban J connectivity index is 1.91. The first kappa shape index (κ1) is 20.4. The standard InChI is InChI=1S/C18H21BrN2O4S/c1-12(13-4-9-17(25-2)16(19)10-13)20-11-18(22)21-14-5-7-15(8-6-14)26(3,23)24/h4-10,12,20H,11H2,1-3H3,(H,21,22). The van der Waals surface area contributed by atoms with E-state index in [0.29, 0.717) is 5.69 Å². The fourth-order valence-corrected chi connectivity index (χ4v) is 3.50. The molecule has 0 aliphatic carbocycles. The predicted octanol–water partition coefficient (Wildman–Crippen LogP) is 3.15. The number of ether oxygens (including phenoxy) is 1. The molecule has 0 heterocycles. The molecule has 8 heteroatoms. The van der Waals surface area contributed by atoms with E-state index >= 15 is 0 Å². The van der Waals surface area contributed by atoms with E-state index < -0.39 is 9.84 Å². The molecule has 0 aromatic heterocycles. The largest absolute Gasteiger partial charge is 0.496 e. The Bertz CT molecular complexity index is 883. The summed E-state index contributed by atoms with van der Waals surface area (Å²) in [6.07, 6.45) is 1.14. The summed E-state index contributed by atoms with van der Waals surface area (Å²) in [4.78, 5) is 12.3. The molecule has 0 spiro atoms. The topological polar surface area (TPSA) is 84.5 Å². The van der Waals surface area contributed by atoms with Gasteiger partial charge in [0.05, 0.1) is 23.0 Å². The lowest BCUT2D eigenvalue weighted by Gasteiger charge is -2.15. The van der Waals surface area contributed by atoms with Gasteiger partial charge < -0.3 is 15.4 Å². The predicted molar refractivity (Wildman–Crippen MR) is 105 cm³/mol. The number of carbonyl (C=O) groups excluding carboxylic acids is 1. The van der Waals surface area contributed by atoms with Gasteiger partial charge in [0, 0.05) is 18.0 Å². The van der Waals surface area contributed by atoms with E-state index in [-0.39, 0.29) is 23.4 Å². The van der Waals surface area contributed by atoms with Crippen molar-refractivity contribution in [1.82, 2.24) is 5.32 Å². The summed E-state index contributed by atoms with van der Waals surface area (Å²) in [6, 6.07) is 11.8. The molecule has 1 unspecified atom stereocenters. The lowest BCUT2D eigenvalue weighted by molar-refractivity contribution is -0.115. The van der Waals surface area contributed by atoms with Crippen LogP contribution in [0, 0.1) is 0 Å². The number of nitrogens with one attached hydrogen (secondary N) is 2. The number of rotatable bonds is 7. The molecular weight excluding hydrogens is 420 g/mol. The van der Waals surface area contributed by atoms with Crippen LogP contribution in [-0.2, 0) is 14.6 Å². The van der Waals surface area contributed by atoms with Crippen molar-refractivity contribution in [2.45, 2.75) is 17.9 Å². The van der Waals surface area contributed by atoms with Crippen molar-refractivity contribution in [3.8, 4) is 5.75 Å². The maximum Gasteiger partial charge on any atom is 0.238 e. The van der Waals surface area contributed by atoms with Crippen LogP contribution in [0.3, 0.4) is 0 Å². The van der Waals surface area contributed by atoms with Gasteiger partial charge in [-0.1, -0.05) is 6.07 Å². The lowest BCUT2D eigenvalue weighted by Crippen LogP contribution is -2.30. The summed E-state index contributed by atoms with van der Waals surface area (Å²) >= 11 is 3.44. The summed E-state index contributed by atoms with van der Waals surface area (Å²) in [6.45, 7) is 2.08.